The summed E-state index contributed by atoms with van der Waals surface area (Å²) in [6.07, 6.45) is 2.95. The number of nitrogens with one attached hydrogen (secondary N) is 1. The van der Waals surface area contributed by atoms with E-state index in [9.17, 15) is 4.79 Å². The van der Waals surface area contributed by atoms with Crippen molar-refractivity contribution >= 4 is 23.2 Å². The number of benzene rings is 2. The number of amides is 1. The lowest BCUT2D eigenvalue weighted by atomic mass is 9.87. The van der Waals surface area contributed by atoms with Crippen molar-refractivity contribution in [3.8, 4) is 5.75 Å². The number of ether oxygens (including phenoxy) is 1. The van der Waals surface area contributed by atoms with Crippen molar-refractivity contribution in [1.29, 1.82) is 0 Å². The van der Waals surface area contributed by atoms with Gasteiger partial charge in [-0.05, 0) is 61.1 Å². The first-order valence-electron chi connectivity index (χ1n) is 8.68. The maximum absolute atomic E-state index is 12.7. The van der Waals surface area contributed by atoms with Crippen molar-refractivity contribution in [3.63, 3.8) is 0 Å². The number of carbonyl (C=O) groups excluding carboxylic acids is 1. The SMILES string of the molecule is CCC(Oc1ccccc1Cl)C(=O)NC1CCCc2cc(N)ccc21. The van der Waals surface area contributed by atoms with Gasteiger partial charge in [0.25, 0.3) is 5.91 Å². The lowest BCUT2D eigenvalue weighted by molar-refractivity contribution is -0.129. The molecule has 0 saturated carbocycles. The number of aryl methyl sites for hydroxylation is 1. The summed E-state index contributed by atoms with van der Waals surface area (Å²) in [5.74, 6) is 0.417. The molecule has 2 atom stereocenters. The Balaban J connectivity index is 1.72. The molecule has 3 rings (SSSR count). The van der Waals surface area contributed by atoms with Crippen molar-refractivity contribution in [2.45, 2.75) is 44.8 Å². The van der Waals surface area contributed by atoms with Crippen LogP contribution in [0, 0.1) is 0 Å². The van der Waals surface area contributed by atoms with Gasteiger partial charge in [0.05, 0.1) is 11.1 Å². The number of nitrogens with two attached hydrogens (primary N) is 1. The number of carbonyl (C=O) groups is 1. The van der Waals surface area contributed by atoms with E-state index < -0.39 is 6.10 Å². The summed E-state index contributed by atoms with van der Waals surface area (Å²) in [4.78, 5) is 12.7. The second-order valence-electron chi connectivity index (χ2n) is 6.36. The first-order chi connectivity index (χ1) is 12.1. The van der Waals surface area contributed by atoms with E-state index in [0.29, 0.717) is 17.2 Å². The van der Waals surface area contributed by atoms with Gasteiger partial charge in [0.15, 0.2) is 6.10 Å². The maximum atomic E-state index is 12.7. The Labute approximate surface area is 153 Å². The first kappa shape index (κ1) is 17.6. The molecule has 2 aromatic rings. The number of para-hydroxylation sites is 1. The summed E-state index contributed by atoms with van der Waals surface area (Å²) in [6.45, 7) is 1.93. The Morgan fingerprint density at radius 2 is 2.16 bits per heavy atom. The highest BCUT2D eigenvalue weighted by Crippen LogP contribution is 2.31. The van der Waals surface area contributed by atoms with E-state index in [1.807, 2.05) is 37.3 Å². The molecule has 4 nitrogen and oxygen atoms in total. The molecule has 3 N–H and O–H groups in total. The molecule has 1 amide bonds. The van der Waals surface area contributed by atoms with Crippen molar-refractivity contribution in [1.82, 2.24) is 5.32 Å². The van der Waals surface area contributed by atoms with Gasteiger partial charge in [0.2, 0.25) is 0 Å². The van der Waals surface area contributed by atoms with Gasteiger partial charge in [-0.15, -0.1) is 0 Å². The second kappa shape index (κ2) is 7.79. The molecule has 2 unspecified atom stereocenters. The highest BCUT2D eigenvalue weighted by Gasteiger charge is 2.26. The zero-order valence-electron chi connectivity index (χ0n) is 14.3. The minimum Gasteiger partial charge on any atom is -0.479 e. The summed E-state index contributed by atoms with van der Waals surface area (Å²) < 4.78 is 5.84. The zero-order valence-corrected chi connectivity index (χ0v) is 15.1. The molecule has 0 bridgehead atoms. The first-order valence-corrected chi connectivity index (χ1v) is 9.06. The molecule has 0 saturated heterocycles. The molecular weight excluding hydrogens is 336 g/mol. The lowest BCUT2D eigenvalue weighted by Crippen LogP contribution is -2.41. The molecule has 0 aliphatic heterocycles. The smallest absolute Gasteiger partial charge is 0.261 e. The van der Waals surface area contributed by atoms with Gasteiger partial charge >= 0.3 is 0 Å². The number of nitrogen functional groups attached to an aromatic ring is 1. The summed E-state index contributed by atoms with van der Waals surface area (Å²) in [6, 6.07) is 13.1. The van der Waals surface area contributed by atoms with Crippen LogP contribution < -0.4 is 15.8 Å². The summed E-state index contributed by atoms with van der Waals surface area (Å²) >= 11 is 6.14. The molecule has 0 heterocycles. The molecule has 1 aliphatic carbocycles. The molecule has 0 fully saturated rings. The van der Waals surface area contributed by atoms with Crippen molar-refractivity contribution in [3.05, 3.63) is 58.6 Å². The number of fused-ring (bicyclic) bond motifs is 1. The van der Waals surface area contributed by atoms with E-state index >= 15 is 0 Å². The molecule has 1 aliphatic rings. The molecule has 25 heavy (non-hydrogen) atoms. The topological polar surface area (TPSA) is 64.3 Å². The van der Waals surface area contributed by atoms with Crippen molar-refractivity contribution in [2.24, 2.45) is 0 Å². The van der Waals surface area contributed by atoms with Crippen LogP contribution in [0.5, 0.6) is 5.75 Å². The van der Waals surface area contributed by atoms with E-state index in [4.69, 9.17) is 22.1 Å². The number of hydrogen-bond acceptors (Lipinski definition) is 3. The van der Waals surface area contributed by atoms with Gasteiger partial charge in [-0.3, -0.25) is 4.79 Å². The van der Waals surface area contributed by atoms with Gasteiger partial charge in [-0.25, -0.2) is 0 Å². The van der Waals surface area contributed by atoms with Crippen LogP contribution in [0.4, 0.5) is 5.69 Å². The molecule has 0 spiro atoms. The number of hydrogen-bond donors (Lipinski definition) is 2. The normalized spacial score (nSPS) is 17.4. The molecule has 5 heteroatoms. The standard InChI is InChI=1S/C20H23ClN2O2/c1-2-18(25-19-9-4-3-7-16(19)21)20(24)23-17-8-5-6-13-12-14(22)10-11-15(13)17/h3-4,7,9-12,17-18H,2,5-6,8,22H2,1H3,(H,23,24). The molecule has 0 aromatic heterocycles. The fourth-order valence-electron chi connectivity index (χ4n) is 3.26. The predicted octanol–water partition coefficient (Wildman–Crippen LogP) is 4.27. The maximum Gasteiger partial charge on any atom is 0.261 e. The highest BCUT2D eigenvalue weighted by molar-refractivity contribution is 6.32. The van der Waals surface area contributed by atoms with Gasteiger partial charge in [0.1, 0.15) is 5.75 Å². The van der Waals surface area contributed by atoms with E-state index in [0.717, 1.165) is 30.5 Å². The minimum atomic E-state index is -0.570. The fraction of sp³-hybridized carbons (Fsp3) is 0.350. The molecule has 2 aromatic carbocycles. The summed E-state index contributed by atoms with van der Waals surface area (Å²) in [5, 5.41) is 3.64. The Hall–Kier alpha value is -2.20. The summed E-state index contributed by atoms with van der Waals surface area (Å²) in [5.41, 5.74) is 9.01. The van der Waals surface area contributed by atoms with E-state index in [1.165, 1.54) is 5.56 Å². The van der Waals surface area contributed by atoms with Crippen LogP contribution in [-0.2, 0) is 11.2 Å². The Kier molecular flexibility index (Phi) is 5.49. The summed E-state index contributed by atoms with van der Waals surface area (Å²) in [7, 11) is 0. The Bertz CT molecular complexity index is 763. The van der Waals surface area contributed by atoms with E-state index in [-0.39, 0.29) is 11.9 Å². The average molecular weight is 359 g/mol. The van der Waals surface area contributed by atoms with Gasteiger partial charge in [0, 0.05) is 5.69 Å². The molecule has 0 radical (unpaired) electrons. The van der Waals surface area contributed by atoms with Crippen LogP contribution in [0.15, 0.2) is 42.5 Å². The van der Waals surface area contributed by atoms with Crippen LogP contribution >= 0.6 is 11.6 Å². The van der Waals surface area contributed by atoms with Crippen molar-refractivity contribution in [2.75, 3.05) is 5.73 Å². The fourth-order valence-corrected chi connectivity index (χ4v) is 3.44. The van der Waals surface area contributed by atoms with Crippen LogP contribution in [0.2, 0.25) is 5.02 Å². The second-order valence-corrected chi connectivity index (χ2v) is 6.76. The van der Waals surface area contributed by atoms with E-state index in [1.54, 1.807) is 12.1 Å². The van der Waals surface area contributed by atoms with Crippen LogP contribution in [0.25, 0.3) is 0 Å². The largest absolute Gasteiger partial charge is 0.479 e. The third-order valence-corrected chi connectivity index (χ3v) is 4.88. The van der Waals surface area contributed by atoms with E-state index in [2.05, 4.69) is 5.32 Å². The highest BCUT2D eigenvalue weighted by atomic mass is 35.5. The number of rotatable bonds is 5. The number of halogens is 1. The van der Waals surface area contributed by atoms with Crippen LogP contribution in [0.1, 0.15) is 43.4 Å². The van der Waals surface area contributed by atoms with Gasteiger partial charge < -0.3 is 15.8 Å². The predicted molar refractivity (Wildman–Crippen MR) is 101 cm³/mol. The Morgan fingerprint density at radius 1 is 1.36 bits per heavy atom. The number of anilines is 1. The zero-order chi connectivity index (χ0) is 17.8. The average Bonchev–Trinajstić information content (AvgIpc) is 2.61. The van der Waals surface area contributed by atoms with Gasteiger partial charge in [-0.2, -0.15) is 0 Å². The molecule has 132 valence electrons. The Morgan fingerprint density at radius 3 is 2.92 bits per heavy atom. The quantitative estimate of drug-likeness (QED) is 0.784. The van der Waals surface area contributed by atoms with Crippen LogP contribution in [0.3, 0.4) is 0 Å². The minimum absolute atomic E-state index is 0.000690. The monoisotopic (exact) mass is 358 g/mol. The third-order valence-electron chi connectivity index (χ3n) is 4.57. The lowest BCUT2D eigenvalue weighted by Gasteiger charge is -2.28. The van der Waals surface area contributed by atoms with Gasteiger partial charge in [-0.1, -0.05) is 36.7 Å². The third kappa shape index (κ3) is 4.07. The van der Waals surface area contributed by atoms with Crippen LogP contribution in [-0.4, -0.2) is 12.0 Å². The molecular formula is C20H23ClN2O2. The van der Waals surface area contributed by atoms with Crippen molar-refractivity contribution < 1.29 is 9.53 Å².